The van der Waals surface area contributed by atoms with Crippen LogP contribution in [0.5, 0.6) is 0 Å². The zero-order chi connectivity index (χ0) is 6.69. The van der Waals surface area contributed by atoms with Crippen LogP contribution in [0.1, 0.15) is 25.7 Å². The summed E-state index contributed by atoms with van der Waals surface area (Å²) in [5.74, 6) is 0. The third kappa shape index (κ3) is 2.18. The van der Waals surface area contributed by atoms with Crippen molar-refractivity contribution in [2.45, 2.75) is 31.8 Å². The molecule has 1 aliphatic rings. The maximum atomic E-state index is 5.18. The monoisotopic (exact) mass is 145 g/mol. The maximum Gasteiger partial charge on any atom is 0.254 e. The molecule has 1 aliphatic carbocycles. The van der Waals surface area contributed by atoms with Crippen molar-refractivity contribution in [3.05, 3.63) is 0 Å². The average molecular weight is 145 g/mol. The van der Waals surface area contributed by atoms with Crippen LogP contribution in [0, 0.1) is 0 Å². The second kappa shape index (κ2) is 3.01. The molecule has 0 aromatic rings. The molecule has 0 saturated heterocycles. The van der Waals surface area contributed by atoms with E-state index in [2.05, 4.69) is 12.2 Å². The van der Waals surface area contributed by atoms with Crippen LogP contribution in [0.4, 0.5) is 0 Å². The lowest BCUT2D eigenvalue weighted by Crippen LogP contribution is -2.19. The summed E-state index contributed by atoms with van der Waals surface area (Å²) in [6.07, 6.45) is 5.08. The highest BCUT2D eigenvalue weighted by Crippen LogP contribution is 2.20. The van der Waals surface area contributed by atoms with Gasteiger partial charge in [-0.2, -0.15) is 0 Å². The van der Waals surface area contributed by atoms with E-state index in [0.717, 1.165) is 12.8 Å². The molecule has 0 aromatic heterocycles. The molecule has 1 rings (SSSR count). The predicted molar refractivity (Wildman–Crippen MR) is 40.1 cm³/mol. The highest BCUT2D eigenvalue weighted by molar-refractivity contribution is 7.80. The van der Waals surface area contributed by atoms with Crippen LogP contribution < -0.4 is 5.73 Å². The maximum absolute atomic E-state index is 5.18. The van der Waals surface area contributed by atoms with Gasteiger partial charge >= 0.3 is 0 Å². The number of ether oxygens (including phenoxy) is 1. The van der Waals surface area contributed by atoms with Crippen molar-refractivity contribution in [1.29, 1.82) is 0 Å². The zero-order valence-corrected chi connectivity index (χ0v) is 6.12. The summed E-state index contributed by atoms with van der Waals surface area (Å²) in [7, 11) is 0. The van der Waals surface area contributed by atoms with Gasteiger partial charge < -0.3 is 10.5 Å². The minimum Gasteiger partial charge on any atom is -0.468 e. The molecule has 1 saturated carbocycles. The molecule has 2 N–H and O–H groups in total. The van der Waals surface area contributed by atoms with Gasteiger partial charge in [-0.3, -0.25) is 0 Å². The highest BCUT2D eigenvalue weighted by Gasteiger charge is 2.15. The molecule has 0 spiro atoms. The Balaban J connectivity index is 2.19. The van der Waals surface area contributed by atoms with Crippen LogP contribution in [0.2, 0.25) is 0 Å². The van der Waals surface area contributed by atoms with E-state index >= 15 is 0 Å². The van der Waals surface area contributed by atoms with E-state index in [1.165, 1.54) is 12.8 Å². The Bertz CT molecular complexity index is 110. The number of rotatable bonds is 1. The Morgan fingerprint density at radius 1 is 1.44 bits per heavy atom. The molecule has 0 aromatic carbocycles. The molecule has 0 radical (unpaired) electrons. The summed E-state index contributed by atoms with van der Waals surface area (Å²) in [5, 5.41) is 0.196. The van der Waals surface area contributed by atoms with Crippen molar-refractivity contribution >= 4 is 17.4 Å². The summed E-state index contributed by atoms with van der Waals surface area (Å²) < 4.78 is 5.12. The van der Waals surface area contributed by atoms with Crippen LogP contribution in [0.15, 0.2) is 0 Å². The van der Waals surface area contributed by atoms with Gasteiger partial charge in [0, 0.05) is 0 Å². The molecule has 0 bridgehead atoms. The third-order valence-corrected chi connectivity index (χ3v) is 1.68. The first kappa shape index (κ1) is 6.81. The first-order chi connectivity index (χ1) is 4.29. The van der Waals surface area contributed by atoms with Crippen molar-refractivity contribution < 1.29 is 4.74 Å². The molecule has 0 aliphatic heterocycles. The van der Waals surface area contributed by atoms with E-state index in [0.29, 0.717) is 6.10 Å². The molecule has 0 heterocycles. The van der Waals surface area contributed by atoms with Crippen molar-refractivity contribution in [1.82, 2.24) is 0 Å². The summed E-state index contributed by atoms with van der Waals surface area (Å²) in [6.45, 7) is 0. The van der Waals surface area contributed by atoms with Gasteiger partial charge in [-0.15, -0.1) is 0 Å². The van der Waals surface area contributed by atoms with Gasteiger partial charge in [0.25, 0.3) is 5.17 Å². The number of hydrogen-bond acceptors (Lipinski definition) is 2. The SMILES string of the molecule is NC(=S)OC1CCCC1. The van der Waals surface area contributed by atoms with Crippen molar-refractivity contribution in [2.24, 2.45) is 5.73 Å². The number of hydrogen-bond donors (Lipinski definition) is 1. The van der Waals surface area contributed by atoms with Gasteiger partial charge in [-0.05, 0) is 37.9 Å². The molecule has 0 atom stereocenters. The average Bonchev–Trinajstić information content (AvgIpc) is 2.15. The molecule has 9 heavy (non-hydrogen) atoms. The highest BCUT2D eigenvalue weighted by atomic mass is 32.1. The molecule has 0 unspecified atom stereocenters. The minimum absolute atomic E-state index is 0.196. The number of nitrogens with two attached hydrogens (primary N) is 1. The Kier molecular flexibility index (Phi) is 2.28. The molecule has 3 heteroatoms. The van der Waals surface area contributed by atoms with E-state index in [9.17, 15) is 0 Å². The molecule has 2 nitrogen and oxygen atoms in total. The van der Waals surface area contributed by atoms with Crippen LogP contribution in [-0.2, 0) is 4.74 Å². The molecule has 52 valence electrons. The lowest BCUT2D eigenvalue weighted by atomic mass is 10.3. The van der Waals surface area contributed by atoms with Gasteiger partial charge in [0.05, 0.1) is 0 Å². The Labute approximate surface area is 60.4 Å². The number of thiocarbonyl (C=S) groups is 1. The Morgan fingerprint density at radius 2 is 2.00 bits per heavy atom. The summed E-state index contributed by atoms with van der Waals surface area (Å²) in [5.41, 5.74) is 5.18. The van der Waals surface area contributed by atoms with E-state index in [4.69, 9.17) is 10.5 Å². The van der Waals surface area contributed by atoms with Crippen LogP contribution in [0.3, 0.4) is 0 Å². The lowest BCUT2D eigenvalue weighted by molar-refractivity contribution is 0.199. The van der Waals surface area contributed by atoms with Gasteiger partial charge in [0.2, 0.25) is 0 Å². The van der Waals surface area contributed by atoms with Crippen molar-refractivity contribution in [3.8, 4) is 0 Å². The minimum atomic E-state index is 0.196. The van der Waals surface area contributed by atoms with E-state index in [1.54, 1.807) is 0 Å². The quantitative estimate of drug-likeness (QED) is 0.563. The molecular formula is C6H11NOS. The van der Waals surface area contributed by atoms with Gasteiger partial charge in [0.1, 0.15) is 6.10 Å². The fourth-order valence-corrected chi connectivity index (χ4v) is 1.31. The fraction of sp³-hybridized carbons (Fsp3) is 0.833. The van der Waals surface area contributed by atoms with Crippen molar-refractivity contribution in [2.75, 3.05) is 0 Å². The van der Waals surface area contributed by atoms with E-state index in [1.807, 2.05) is 0 Å². The second-order valence-electron chi connectivity index (χ2n) is 2.34. The third-order valence-electron chi connectivity index (χ3n) is 1.59. The second-order valence-corrected chi connectivity index (χ2v) is 2.75. The predicted octanol–water partition coefficient (Wildman–Crippen LogP) is 1.19. The first-order valence-electron chi connectivity index (χ1n) is 3.25. The van der Waals surface area contributed by atoms with Gasteiger partial charge in [-0.25, -0.2) is 0 Å². The summed E-state index contributed by atoms with van der Waals surface area (Å²) in [4.78, 5) is 0. The van der Waals surface area contributed by atoms with Crippen LogP contribution >= 0.6 is 12.2 Å². The fourth-order valence-electron chi connectivity index (χ4n) is 1.17. The Morgan fingerprint density at radius 3 is 2.44 bits per heavy atom. The van der Waals surface area contributed by atoms with Crippen LogP contribution in [0.25, 0.3) is 0 Å². The summed E-state index contributed by atoms with van der Waals surface area (Å²) >= 11 is 4.59. The molecule has 1 fully saturated rings. The smallest absolute Gasteiger partial charge is 0.254 e. The first-order valence-corrected chi connectivity index (χ1v) is 3.66. The Hall–Kier alpha value is -0.310. The molecule has 0 amide bonds. The summed E-state index contributed by atoms with van der Waals surface area (Å²) in [6, 6.07) is 0. The topological polar surface area (TPSA) is 35.2 Å². The standard InChI is InChI=1S/C6H11NOS/c7-6(9)8-5-3-1-2-4-5/h5H,1-4H2,(H2,7,9). The molecular weight excluding hydrogens is 134 g/mol. The lowest BCUT2D eigenvalue weighted by Gasteiger charge is -2.09. The zero-order valence-electron chi connectivity index (χ0n) is 5.30. The van der Waals surface area contributed by atoms with Gasteiger partial charge in [-0.1, -0.05) is 0 Å². The van der Waals surface area contributed by atoms with E-state index in [-0.39, 0.29) is 5.17 Å². The van der Waals surface area contributed by atoms with Gasteiger partial charge in [0.15, 0.2) is 0 Å². The largest absolute Gasteiger partial charge is 0.468 e. The van der Waals surface area contributed by atoms with E-state index < -0.39 is 0 Å². The van der Waals surface area contributed by atoms with Crippen LogP contribution in [-0.4, -0.2) is 11.3 Å². The normalized spacial score (nSPS) is 20.0. The van der Waals surface area contributed by atoms with Crippen molar-refractivity contribution in [3.63, 3.8) is 0 Å².